The number of rotatable bonds is 12. The van der Waals surface area contributed by atoms with E-state index >= 15 is 0 Å². The van der Waals surface area contributed by atoms with Gasteiger partial charge in [0.15, 0.2) is 11.5 Å². The maximum absolute atomic E-state index is 12.5. The zero-order valence-corrected chi connectivity index (χ0v) is 25.2. The van der Waals surface area contributed by atoms with Crippen LogP contribution >= 0.6 is 0 Å². The Morgan fingerprint density at radius 2 is 1.32 bits per heavy atom. The summed E-state index contributed by atoms with van der Waals surface area (Å²) in [5, 5.41) is 0. The van der Waals surface area contributed by atoms with E-state index in [-0.39, 0.29) is 60.5 Å². The third-order valence-corrected chi connectivity index (χ3v) is 5.19. The summed E-state index contributed by atoms with van der Waals surface area (Å²) >= 11 is 0. The average Bonchev–Trinajstić information content (AvgIpc) is 2.84. The Labute approximate surface area is 236 Å². The van der Waals surface area contributed by atoms with Gasteiger partial charge in [-0.1, -0.05) is 61.5 Å². The SMILES string of the molecule is CCC(C)C(=O)O[C@@H](C)COC(=O)[C@@H](N)Cc1ccc(OC(=O)OCC(C)(C)C)c(OC(=O)OCC(C)(C)C)c1. The molecule has 0 bridgehead atoms. The average molecular weight is 568 g/mol. The van der Waals surface area contributed by atoms with Crippen molar-refractivity contribution in [1.82, 2.24) is 0 Å². The van der Waals surface area contributed by atoms with E-state index in [2.05, 4.69) is 0 Å². The van der Waals surface area contributed by atoms with E-state index in [1.807, 2.05) is 48.5 Å². The zero-order valence-electron chi connectivity index (χ0n) is 25.2. The first kappa shape index (κ1) is 34.7. The fourth-order valence-electron chi connectivity index (χ4n) is 2.79. The fraction of sp³-hybridized carbons (Fsp3) is 0.655. The molecule has 1 rings (SSSR count). The Morgan fingerprint density at radius 3 is 1.82 bits per heavy atom. The Morgan fingerprint density at radius 1 is 0.800 bits per heavy atom. The number of carbonyl (C=O) groups excluding carboxylic acids is 4. The Kier molecular flexibility index (Phi) is 13.4. The molecule has 0 fully saturated rings. The number of nitrogens with two attached hydrogens (primary N) is 1. The van der Waals surface area contributed by atoms with E-state index in [0.717, 1.165) is 0 Å². The van der Waals surface area contributed by atoms with Gasteiger partial charge in [0.25, 0.3) is 0 Å². The second kappa shape index (κ2) is 15.4. The monoisotopic (exact) mass is 567 g/mol. The summed E-state index contributed by atoms with van der Waals surface area (Å²) in [5.74, 6) is -1.52. The van der Waals surface area contributed by atoms with Crippen LogP contribution in [-0.4, -0.2) is 56.2 Å². The summed E-state index contributed by atoms with van der Waals surface area (Å²) in [4.78, 5) is 48.9. The van der Waals surface area contributed by atoms with E-state index in [0.29, 0.717) is 12.0 Å². The van der Waals surface area contributed by atoms with E-state index in [9.17, 15) is 19.2 Å². The van der Waals surface area contributed by atoms with Gasteiger partial charge in [-0.2, -0.15) is 0 Å². The van der Waals surface area contributed by atoms with Gasteiger partial charge in [-0.05, 0) is 48.3 Å². The van der Waals surface area contributed by atoms with Crippen LogP contribution in [0.1, 0.15) is 74.3 Å². The molecule has 40 heavy (non-hydrogen) atoms. The lowest BCUT2D eigenvalue weighted by atomic mass is 9.99. The molecule has 1 aromatic rings. The number of carbonyl (C=O) groups is 4. The second-order valence-electron chi connectivity index (χ2n) is 12.2. The van der Waals surface area contributed by atoms with Gasteiger partial charge in [-0.15, -0.1) is 0 Å². The number of benzene rings is 1. The standard InChI is InChI=1S/C29H45NO10/c1-10-18(2)24(31)38-19(3)15-35-25(32)21(30)13-20-11-12-22(39-26(33)36-16-28(4,5)6)23(14-20)40-27(34)37-17-29(7,8)9/h11-12,14,18-19,21H,10,13,15-17,30H2,1-9H3/t18?,19-,21-/m0/s1. The molecule has 0 aliphatic rings. The smallest absolute Gasteiger partial charge is 0.461 e. The van der Waals surface area contributed by atoms with E-state index in [1.54, 1.807) is 19.9 Å². The van der Waals surface area contributed by atoms with Crippen molar-refractivity contribution in [3.8, 4) is 11.5 Å². The molecule has 1 unspecified atom stereocenters. The highest BCUT2D eigenvalue weighted by molar-refractivity contribution is 5.76. The van der Waals surface area contributed by atoms with Crippen LogP contribution in [0.25, 0.3) is 0 Å². The lowest BCUT2D eigenvalue weighted by Gasteiger charge is -2.19. The van der Waals surface area contributed by atoms with E-state index in [4.69, 9.17) is 34.2 Å². The molecule has 0 spiro atoms. The van der Waals surface area contributed by atoms with Gasteiger partial charge in [0.2, 0.25) is 0 Å². The summed E-state index contributed by atoms with van der Waals surface area (Å²) < 4.78 is 31.3. The van der Waals surface area contributed by atoms with Gasteiger partial charge in [-0.3, -0.25) is 9.59 Å². The predicted octanol–water partition coefficient (Wildman–Crippen LogP) is 5.20. The van der Waals surface area contributed by atoms with Gasteiger partial charge in [0.05, 0.1) is 19.1 Å². The fourth-order valence-corrected chi connectivity index (χ4v) is 2.79. The second-order valence-corrected chi connectivity index (χ2v) is 12.2. The van der Waals surface area contributed by atoms with Crippen molar-refractivity contribution in [1.29, 1.82) is 0 Å². The molecular weight excluding hydrogens is 522 g/mol. The molecule has 0 saturated carbocycles. The molecular formula is C29H45NO10. The molecule has 11 nitrogen and oxygen atoms in total. The first-order chi connectivity index (χ1) is 18.4. The highest BCUT2D eigenvalue weighted by Gasteiger charge is 2.23. The van der Waals surface area contributed by atoms with Crippen LogP contribution in [0.5, 0.6) is 11.5 Å². The lowest BCUT2D eigenvalue weighted by molar-refractivity contribution is -0.161. The summed E-state index contributed by atoms with van der Waals surface area (Å²) in [6, 6.07) is 3.30. The van der Waals surface area contributed by atoms with Crippen LogP contribution in [0, 0.1) is 16.7 Å². The van der Waals surface area contributed by atoms with Gasteiger partial charge in [0.1, 0.15) is 18.8 Å². The summed E-state index contributed by atoms with van der Waals surface area (Å²) in [7, 11) is 0. The third-order valence-electron chi connectivity index (χ3n) is 5.19. The largest absolute Gasteiger partial charge is 0.513 e. The molecule has 3 atom stereocenters. The van der Waals surface area contributed by atoms with Crippen molar-refractivity contribution >= 4 is 24.2 Å². The molecule has 0 heterocycles. The highest BCUT2D eigenvalue weighted by Crippen LogP contribution is 2.30. The highest BCUT2D eigenvalue weighted by atomic mass is 16.7. The summed E-state index contributed by atoms with van der Waals surface area (Å²) in [6.45, 7) is 16.6. The van der Waals surface area contributed by atoms with Crippen LogP contribution in [0.2, 0.25) is 0 Å². The molecule has 0 aliphatic carbocycles. The topological polar surface area (TPSA) is 150 Å². The molecule has 1 aromatic carbocycles. The van der Waals surface area contributed by atoms with E-state index < -0.39 is 30.4 Å². The molecule has 0 radical (unpaired) electrons. The van der Waals surface area contributed by atoms with Crippen LogP contribution in [0.4, 0.5) is 9.59 Å². The molecule has 0 amide bonds. The van der Waals surface area contributed by atoms with Crippen LogP contribution in [-0.2, 0) is 35.0 Å². The summed E-state index contributed by atoms with van der Waals surface area (Å²) in [5.41, 5.74) is 5.95. The van der Waals surface area contributed by atoms with Crippen molar-refractivity contribution in [3.05, 3.63) is 23.8 Å². The predicted molar refractivity (Wildman–Crippen MR) is 147 cm³/mol. The third kappa shape index (κ3) is 14.2. The van der Waals surface area contributed by atoms with Crippen molar-refractivity contribution in [2.24, 2.45) is 22.5 Å². The maximum Gasteiger partial charge on any atom is 0.513 e. The van der Waals surface area contributed by atoms with Crippen molar-refractivity contribution in [3.63, 3.8) is 0 Å². The van der Waals surface area contributed by atoms with Crippen LogP contribution in [0.15, 0.2) is 18.2 Å². The Hall–Kier alpha value is -3.34. The lowest BCUT2D eigenvalue weighted by Crippen LogP contribution is -2.36. The van der Waals surface area contributed by atoms with Crippen LogP contribution in [0.3, 0.4) is 0 Å². The van der Waals surface area contributed by atoms with Crippen molar-refractivity contribution < 1.29 is 47.6 Å². The molecule has 226 valence electrons. The molecule has 2 N–H and O–H groups in total. The van der Waals surface area contributed by atoms with Crippen molar-refractivity contribution in [2.45, 2.75) is 87.3 Å². The Bertz CT molecular complexity index is 1010. The quantitative estimate of drug-likeness (QED) is 0.202. The minimum atomic E-state index is -1.07. The van der Waals surface area contributed by atoms with Gasteiger partial charge < -0.3 is 34.2 Å². The van der Waals surface area contributed by atoms with Gasteiger partial charge in [-0.25, -0.2) is 9.59 Å². The molecule has 0 aliphatic heterocycles. The molecule has 0 aromatic heterocycles. The molecule has 0 saturated heterocycles. The molecule has 11 heteroatoms. The van der Waals surface area contributed by atoms with Crippen LogP contribution < -0.4 is 15.2 Å². The number of hydrogen-bond donors (Lipinski definition) is 1. The van der Waals surface area contributed by atoms with E-state index in [1.165, 1.54) is 12.1 Å². The zero-order chi connectivity index (χ0) is 30.7. The maximum atomic E-state index is 12.5. The van der Waals surface area contributed by atoms with Gasteiger partial charge in [0, 0.05) is 0 Å². The first-order valence-corrected chi connectivity index (χ1v) is 13.3. The number of hydrogen-bond acceptors (Lipinski definition) is 11. The van der Waals surface area contributed by atoms with Gasteiger partial charge >= 0.3 is 24.2 Å². The Balaban J connectivity index is 2.92. The minimum Gasteiger partial charge on any atom is -0.461 e. The minimum absolute atomic E-state index is 0.0159. The van der Waals surface area contributed by atoms with Crippen molar-refractivity contribution in [2.75, 3.05) is 19.8 Å². The first-order valence-electron chi connectivity index (χ1n) is 13.3. The normalized spacial score (nSPS) is 13.8. The number of ether oxygens (including phenoxy) is 6. The number of esters is 2. The summed E-state index contributed by atoms with van der Waals surface area (Å²) in [6.07, 6.45) is -1.95.